The third kappa shape index (κ3) is 5.38. The Morgan fingerprint density at radius 2 is 1.93 bits per heavy atom. The number of amides is 1. The van der Waals surface area contributed by atoms with Gasteiger partial charge in [-0.25, -0.2) is 4.79 Å². The second kappa shape index (κ2) is 9.28. The zero-order chi connectivity index (χ0) is 21.6. The average molecular weight is 397 g/mol. The van der Waals surface area contributed by atoms with E-state index >= 15 is 0 Å². The molecule has 1 amide bonds. The summed E-state index contributed by atoms with van der Waals surface area (Å²) in [6.45, 7) is 9.70. The van der Waals surface area contributed by atoms with Gasteiger partial charge < -0.3 is 19.6 Å². The molecule has 29 heavy (non-hydrogen) atoms. The van der Waals surface area contributed by atoms with Crippen molar-refractivity contribution < 1.29 is 23.8 Å². The summed E-state index contributed by atoms with van der Waals surface area (Å²) in [6, 6.07) is 10.7. The number of furan rings is 1. The van der Waals surface area contributed by atoms with Gasteiger partial charge in [0, 0.05) is 12.1 Å². The Balaban J connectivity index is 0.00000145. The number of hydrogen-bond donors (Lipinski definition) is 2. The zero-order valence-electron chi connectivity index (χ0n) is 17.4. The topological polar surface area (TPSA) is 88.8 Å². The maximum atomic E-state index is 11.8. The Kier molecular flexibility index (Phi) is 7.04. The number of alkyl carbamates (subject to hydrolysis) is 1. The molecular formula is C23H27NO5. The van der Waals surface area contributed by atoms with Crippen LogP contribution in [0, 0.1) is 0 Å². The van der Waals surface area contributed by atoms with Crippen LogP contribution in [0.25, 0.3) is 22.1 Å². The van der Waals surface area contributed by atoms with Crippen molar-refractivity contribution in [3.63, 3.8) is 0 Å². The quantitative estimate of drug-likeness (QED) is 0.554. The number of nitrogens with one attached hydrogen (secondary N) is 1. The number of carbonyl (C=O) groups excluding carboxylic acids is 2. The molecule has 1 aromatic heterocycles. The molecular weight excluding hydrogens is 370 g/mol. The first-order valence-corrected chi connectivity index (χ1v) is 9.53. The number of benzene rings is 2. The highest BCUT2D eigenvalue weighted by Crippen LogP contribution is 2.37. The summed E-state index contributed by atoms with van der Waals surface area (Å²) in [5.74, 6) is -0.0970. The smallest absolute Gasteiger partial charge is 0.407 e. The third-order valence-electron chi connectivity index (χ3n) is 3.94. The van der Waals surface area contributed by atoms with E-state index in [9.17, 15) is 14.7 Å². The SMILES string of the molecule is CC.CC(C)(C)OC(=O)NCc1cccc(-c2cc(C=O)c(O)c3ccoc23)c1. The van der Waals surface area contributed by atoms with Crippen LogP contribution in [0.4, 0.5) is 4.79 Å². The van der Waals surface area contributed by atoms with Crippen molar-refractivity contribution in [2.45, 2.75) is 46.8 Å². The summed E-state index contributed by atoms with van der Waals surface area (Å²) in [5.41, 5.74) is 2.48. The van der Waals surface area contributed by atoms with Gasteiger partial charge in [-0.1, -0.05) is 32.0 Å². The van der Waals surface area contributed by atoms with Crippen molar-refractivity contribution >= 4 is 23.3 Å². The van der Waals surface area contributed by atoms with Crippen molar-refractivity contribution in [2.75, 3.05) is 0 Å². The van der Waals surface area contributed by atoms with E-state index in [2.05, 4.69) is 5.32 Å². The van der Waals surface area contributed by atoms with Gasteiger partial charge in [0.15, 0.2) is 6.29 Å². The maximum Gasteiger partial charge on any atom is 0.407 e. The van der Waals surface area contributed by atoms with E-state index in [1.807, 2.05) is 38.1 Å². The number of hydrogen-bond acceptors (Lipinski definition) is 5. The molecule has 1 heterocycles. The Bertz CT molecular complexity index is 998. The Hall–Kier alpha value is -3.28. The monoisotopic (exact) mass is 397 g/mol. The molecule has 6 nitrogen and oxygen atoms in total. The highest BCUT2D eigenvalue weighted by atomic mass is 16.6. The van der Waals surface area contributed by atoms with Crippen LogP contribution >= 0.6 is 0 Å². The van der Waals surface area contributed by atoms with Crippen LogP contribution in [-0.4, -0.2) is 23.1 Å². The van der Waals surface area contributed by atoms with E-state index < -0.39 is 11.7 Å². The highest BCUT2D eigenvalue weighted by Gasteiger charge is 2.17. The van der Waals surface area contributed by atoms with Gasteiger partial charge in [-0.15, -0.1) is 0 Å². The fourth-order valence-corrected chi connectivity index (χ4v) is 2.79. The van der Waals surface area contributed by atoms with Crippen LogP contribution in [0.2, 0.25) is 0 Å². The minimum atomic E-state index is -0.561. The molecule has 2 N–H and O–H groups in total. The third-order valence-corrected chi connectivity index (χ3v) is 3.94. The fourth-order valence-electron chi connectivity index (χ4n) is 2.79. The molecule has 3 rings (SSSR count). The molecule has 0 atom stereocenters. The van der Waals surface area contributed by atoms with Crippen molar-refractivity contribution in [3.05, 3.63) is 53.8 Å². The number of ether oxygens (including phenoxy) is 1. The van der Waals surface area contributed by atoms with E-state index in [0.29, 0.717) is 29.4 Å². The van der Waals surface area contributed by atoms with Crippen LogP contribution in [0.3, 0.4) is 0 Å². The normalized spacial score (nSPS) is 10.8. The Morgan fingerprint density at radius 1 is 1.21 bits per heavy atom. The molecule has 0 aliphatic rings. The molecule has 0 bridgehead atoms. The van der Waals surface area contributed by atoms with Crippen LogP contribution in [0.1, 0.15) is 50.5 Å². The lowest BCUT2D eigenvalue weighted by Crippen LogP contribution is -2.32. The molecule has 6 heteroatoms. The van der Waals surface area contributed by atoms with Gasteiger partial charge in [-0.3, -0.25) is 4.79 Å². The molecule has 0 aliphatic heterocycles. The van der Waals surface area contributed by atoms with Crippen LogP contribution in [0.5, 0.6) is 5.75 Å². The van der Waals surface area contributed by atoms with Crippen molar-refractivity contribution in [2.24, 2.45) is 0 Å². The predicted octanol–water partition coefficient (Wildman–Crippen LogP) is 5.67. The second-order valence-corrected chi connectivity index (χ2v) is 7.20. The molecule has 2 aromatic carbocycles. The summed E-state index contributed by atoms with van der Waals surface area (Å²) >= 11 is 0. The molecule has 0 saturated carbocycles. The summed E-state index contributed by atoms with van der Waals surface area (Å²) < 4.78 is 10.7. The molecule has 0 radical (unpaired) electrons. The second-order valence-electron chi connectivity index (χ2n) is 7.20. The molecule has 0 spiro atoms. The minimum Gasteiger partial charge on any atom is -0.506 e. The number of rotatable bonds is 4. The molecule has 0 fully saturated rings. The average Bonchev–Trinajstić information content (AvgIpc) is 3.18. The summed E-state index contributed by atoms with van der Waals surface area (Å²) in [5, 5.41) is 13.3. The van der Waals surface area contributed by atoms with Crippen LogP contribution in [-0.2, 0) is 11.3 Å². The fraction of sp³-hybridized carbons (Fsp3) is 0.304. The summed E-state index contributed by atoms with van der Waals surface area (Å²) in [4.78, 5) is 23.1. The first-order valence-electron chi connectivity index (χ1n) is 9.53. The summed E-state index contributed by atoms with van der Waals surface area (Å²) in [7, 11) is 0. The van der Waals surface area contributed by atoms with E-state index in [1.165, 1.54) is 6.26 Å². The van der Waals surface area contributed by atoms with Crippen LogP contribution in [0.15, 0.2) is 47.1 Å². The molecule has 0 saturated heterocycles. The highest BCUT2D eigenvalue weighted by molar-refractivity contribution is 6.02. The van der Waals surface area contributed by atoms with Crippen molar-refractivity contribution in [1.29, 1.82) is 0 Å². The van der Waals surface area contributed by atoms with Gasteiger partial charge in [0.05, 0.1) is 17.2 Å². The molecule has 0 aliphatic carbocycles. The van der Waals surface area contributed by atoms with Gasteiger partial charge in [0.1, 0.15) is 16.9 Å². The van der Waals surface area contributed by atoms with Crippen LogP contribution < -0.4 is 5.32 Å². The largest absolute Gasteiger partial charge is 0.506 e. The maximum absolute atomic E-state index is 11.8. The van der Waals surface area contributed by atoms with Gasteiger partial charge in [0.25, 0.3) is 0 Å². The van der Waals surface area contributed by atoms with E-state index in [1.54, 1.807) is 32.9 Å². The van der Waals surface area contributed by atoms with Crippen molar-refractivity contribution in [3.8, 4) is 16.9 Å². The van der Waals surface area contributed by atoms with Gasteiger partial charge in [0.2, 0.25) is 0 Å². The van der Waals surface area contributed by atoms with E-state index in [-0.39, 0.29) is 11.3 Å². The number of carbonyl (C=O) groups is 2. The van der Waals surface area contributed by atoms with Gasteiger partial charge >= 0.3 is 6.09 Å². The predicted molar refractivity (Wildman–Crippen MR) is 113 cm³/mol. The lowest BCUT2D eigenvalue weighted by molar-refractivity contribution is 0.0523. The van der Waals surface area contributed by atoms with Crippen molar-refractivity contribution in [1.82, 2.24) is 5.32 Å². The number of aromatic hydroxyl groups is 1. The van der Waals surface area contributed by atoms with E-state index in [4.69, 9.17) is 9.15 Å². The van der Waals surface area contributed by atoms with Gasteiger partial charge in [-0.2, -0.15) is 0 Å². The Labute approximate surface area is 170 Å². The zero-order valence-corrected chi connectivity index (χ0v) is 17.4. The number of phenolic OH excluding ortho intramolecular Hbond substituents is 1. The molecule has 154 valence electrons. The number of fused-ring (bicyclic) bond motifs is 1. The van der Waals surface area contributed by atoms with Gasteiger partial charge in [-0.05, 0) is 50.1 Å². The Morgan fingerprint density at radius 3 is 2.59 bits per heavy atom. The minimum absolute atomic E-state index is 0.0970. The number of aldehydes is 1. The molecule has 0 unspecified atom stereocenters. The van der Waals surface area contributed by atoms with E-state index in [0.717, 1.165) is 11.1 Å². The summed E-state index contributed by atoms with van der Waals surface area (Å²) in [6.07, 6.45) is 1.59. The lowest BCUT2D eigenvalue weighted by Gasteiger charge is -2.19. The first-order chi connectivity index (χ1) is 13.8. The standard InChI is InChI=1S/C21H21NO5.C2H6/c1-21(2,3)27-20(25)22-11-13-5-4-6-14(9-13)17-10-15(12-23)18(24)16-7-8-26-19(16)17;1-2/h4-10,12,24H,11H2,1-3H3,(H,22,25);1-2H3. The first kappa shape index (κ1) is 22.0. The number of phenols is 1. The lowest BCUT2D eigenvalue weighted by atomic mass is 9.98. The molecule has 3 aromatic rings.